The van der Waals surface area contributed by atoms with Gasteiger partial charge >= 0.3 is 6.18 Å². The molecular formula is C11H13F3N2O2. The molecule has 0 bridgehead atoms. The summed E-state index contributed by atoms with van der Waals surface area (Å²) in [5.74, 6) is -0.385. The molecule has 18 heavy (non-hydrogen) atoms. The van der Waals surface area contributed by atoms with E-state index in [2.05, 4.69) is 5.16 Å². The Morgan fingerprint density at radius 3 is 2.56 bits per heavy atom. The van der Waals surface area contributed by atoms with Crippen LogP contribution in [-0.2, 0) is 0 Å². The van der Waals surface area contributed by atoms with E-state index in [0.29, 0.717) is 0 Å². The van der Waals surface area contributed by atoms with Crippen molar-refractivity contribution in [1.82, 2.24) is 0 Å². The number of nitrogens with two attached hydrogens (primary N) is 1. The number of nitrogens with zero attached hydrogens (tertiary/aromatic N) is 1. The lowest BCUT2D eigenvalue weighted by atomic mass is 10.1. The SMILES string of the molecule is Cc1ccc(OC(C)C(F)(F)F)c(/C(N)=N/O)c1. The van der Waals surface area contributed by atoms with Crippen molar-refractivity contribution in [3.05, 3.63) is 29.3 Å². The van der Waals surface area contributed by atoms with Gasteiger partial charge in [0, 0.05) is 0 Å². The topological polar surface area (TPSA) is 67.8 Å². The van der Waals surface area contributed by atoms with Crippen LogP contribution >= 0.6 is 0 Å². The lowest BCUT2D eigenvalue weighted by molar-refractivity contribution is -0.189. The van der Waals surface area contributed by atoms with Crippen LogP contribution in [0.1, 0.15) is 18.1 Å². The van der Waals surface area contributed by atoms with Gasteiger partial charge < -0.3 is 15.7 Å². The summed E-state index contributed by atoms with van der Waals surface area (Å²) in [6, 6.07) is 4.41. The van der Waals surface area contributed by atoms with E-state index in [1.165, 1.54) is 12.1 Å². The molecule has 0 radical (unpaired) electrons. The maximum Gasteiger partial charge on any atom is 0.425 e. The highest BCUT2D eigenvalue weighted by atomic mass is 19.4. The van der Waals surface area contributed by atoms with E-state index in [-0.39, 0.29) is 17.1 Å². The van der Waals surface area contributed by atoms with Crippen molar-refractivity contribution >= 4 is 5.84 Å². The minimum absolute atomic E-state index is 0.0827. The average molecular weight is 262 g/mol. The van der Waals surface area contributed by atoms with Crippen molar-refractivity contribution < 1.29 is 23.1 Å². The van der Waals surface area contributed by atoms with Gasteiger partial charge in [0.1, 0.15) is 5.75 Å². The highest BCUT2D eigenvalue weighted by molar-refractivity contribution is 5.99. The molecule has 0 aliphatic rings. The molecule has 0 aliphatic carbocycles. The highest BCUT2D eigenvalue weighted by Crippen LogP contribution is 2.27. The Balaban J connectivity index is 3.10. The second-order valence-corrected chi connectivity index (χ2v) is 3.79. The number of aryl methyl sites for hydroxylation is 1. The molecular weight excluding hydrogens is 249 g/mol. The van der Waals surface area contributed by atoms with Gasteiger partial charge in [-0.25, -0.2) is 0 Å². The molecule has 3 N–H and O–H groups in total. The minimum atomic E-state index is -4.48. The Hall–Kier alpha value is -1.92. The fourth-order valence-electron chi connectivity index (χ4n) is 1.26. The molecule has 4 nitrogen and oxygen atoms in total. The molecule has 0 saturated carbocycles. The van der Waals surface area contributed by atoms with E-state index in [4.69, 9.17) is 15.7 Å². The third-order valence-electron chi connectivity index (χ3n) is 2.28. The smallest absolute Gasteiger partial charge is 0.425 e. The number of amidine groups is 1. The highest BCUT2D eigenvalue weighted by Gasteiger charge is 2.38. The van der Waals surface area contributed by atoms with Crippen LogP contribution in [0.4, 0.5) is 13.2 Å². The van der Waals surface area contributed by atoms with Crippen molar-refractivity contribution in [1.29, 1.82) is 0 Å². The number of benzene rings is 1. The summed E-state index contributed by atoms with van der Waals surface area (Å²) in [4.78, 5) is 0. The maximum atomic E-state index is 12.4. The molecule has 0 amide bonds. The van der Waals surface area contributed by atoms with Gasteiger partial charge in [0.25, 0.3) is 0 Å². The summed E-state index contributed by atoms with van der Waals surface area (Å²) < 4.78 is 42.0. The van der Waals surface area contributed by atoms with Gasteiger partial charge in [-0.15, -0.1) is 0 Å². The summed E-state index contributed by atoms with van der Waals surface area (Å²) in [7, 11) is 0. The quantitative estimate of drug-likeness (QED) is 0.380. The Kier molecular flexibility index (Phi) is 4.05. The maximum absolute atomic E-state index is 12.4. The van der Waals surface area contributed by atoms with Crippen LogP contribution in [0.5, 0.6) is 5.75 Å². The summed E-state index contributed by atoms with van der Waals surface area (Å²) >= 11 is 0. The molecule has 0 fully saturated rings. The third kappa shape index (κ3) is 3.28. The predicted molar refractivity (Wildman–Crippen MR) is 59.8 cm³/mol. The molecule has 100 valence electrons. The molecule has 0 spiro atoms. The zero-order chi connectivity index (χ0) is 13.9. The van der Waals surface area contributed by atoms with Gasteiger partial charge in [0.2, 0.25) is 0 Å². The summed E-state index contributed by atoms with van der Waals surface area (Å²) in [6.45, 7) is 2.61. The first-order chi connectivity index (χ1) is 8.25. The first-order valence-electron chi connectivity index (χ1n) is 5.07. The number of alkyl halides is 3. The predicted octanol–water partition coefficient (Wildman–Crippen LogP) is 2.42. The van der Waals surface area contributed by atoms with Crippen molar-refractivity contribution in [2.24, 2.45) is 10.9 Å². The molecule has 1 aromatic rings. The van der Waals surface area contributed by atoms with Crippen LogP contribution < -0.4 is 10.5 Å². The lowest BCUT2D eigenvalue weighted by Gasteiger charge is -2.19. The number of rotatable bonds is 3. The molecule has 1 atom stereocenters. The molecule has 0 saturated heterocycles. The second-order valence-electron chi connectivity index (χ2n) is 3.79. The summed E-state index contributed by atoms with van der Waals surface area (Å²) in [5, 5.41) is 11.3. The van der Waals surface area contributed by atoms with Crippen LogP contribution in [0, 0.1) is 6.92 Å². The fourth-order valence-corrected chi connectivity index (χ4v) is 1.26. The van der Waals surface area contributed by atoms with Gasteiger partial charge in [-0.1, -0.05) is 16.8 Å². The molecule has 1 aromatic carbocycles. The van der Waals surface area contributed by atoms with Crippen LogP contribution in [0.3, 0.4) is 0 Å². The van der Waals surface area contributed by atoms with E-state index in [9.17, 15) is 13.2 Å². The normalized spacial score (nSPS) is 14.4. The van der Waals surface area contributed by atoms with Crippen LogP contribution in [0.15, 0.2) is 23.4 Å². The monoisotopic (exact) mass is 262 g/mol. The second kappa shape index (κ2) is 5.16. The Morgan fingerprint density at radius 1 is 1.44 bits per heavy atom. The Labute approximate surface area is 102 Å². The molecule has 0 heterocycles. The van der Waals surface area contributed by atoms with Crippen LogP contribution in [0.2, 0.25) is 0 Å². The molecule has 0 aliphatic heterocycles. The molecule has 1 rings (SSSR count). The molecule has 0 aromatic heterocycles. The van der Waals surface area contributed by atoms with Gasteiger partial charge in [0.15, 0.2) is 11.9 Å². The van der Waals surface area contributed by atoms with E-state index in [0.717, 1.165) is 12.5 Å². The van der Waals surface area contributed by atoms with Crippen LogP contribution in [0.25, 0.3) is 0 Å². The lowest BCUT2D eigenvalue weighted by Crippen LogP contribution is -2.32. The number of ether oxygens (including phenoxy) is 1. The van der Waals surface area contributed by atoms with Crippen molar-refractivity contribution in [2.75, 3.05) is 0 Å². The van der Waals surface area contributed by atoms with Crippen molar-refractivity contribution in [3.8, 4) is 5.75 Å². The van der Waals surface area contributed by atoms with E-state index in [1.807, 2.05) is 0 Å². The molecule has 1 unspecified atom stereocenters. The van der Waals surface area contributed by atoms with Crippen molar-refractivity contribution in [2.45, 2.75) is 26.1 Å². The number of hydrogen-bond acceptors (Lipinski definition) is 3. The zero-order valence-electron chi connectivity index (χ0n) is 9.82. The Bertz CT molecular complexity index is 458. The van der Waals surface area contributed by atoms with E-state index >= 15 is 0 Å². The van der Waals surface area contributed by atoms with Crippen molar-refractivity contribution in [3.63, 3.8) is 0 Å². The van der Waals surface area contributed by atoms with Gasteiger partial charge in [-0.2, -0.15) is 13.2 Å². The fraction of sp³-hybridized carbons (Fsp3) is 0.364. The Morgan fingerprint density at radius 2 is 2.06 bits per heavy atom. The average Bonchev–Trinajstić information content (AvgIpc) is 2.29. The molecule has 7 heteroatoms. The van der Waals surface area contributed by atoms with Gasteiger partial charge in [-0.05, 0) is 26.0 Å². The number of hydrogen-bond donors (Lipinski definition) is 2. The first-order valence-corrected chi connectivity index (χ1v) is 5.07. The first kappa shape index (κ1) is 14.1. The van der Waals surface area contributed by atoms with E-state index in [1.54, 1.807) is 13.0 Å². The summed E-state index contributed by atoms with van der Waals surface area (Å²) in [5.41, 5.74) is 6.26. The number of oxime groups is 1. The minimum Gasteiger partial charge on any atom is -0.480 e. The largest absolute Gasteiger partial charge is 0.480 e. The zero-order valence-corrected chi connectivity index (χ0v) is 9.82. The summed E-state index contributed by atoms with van der Waals surface area (Å²) in [6.07, 6.45) is -6.46. The number of halogens is 3. The van der Waals surface area contributed by atoms with Crippen LogP contribution in [-0.4, -0.2) is 23.3 Å². The third-order valence-corrected chi connectivity index (χ3v) is 2.28. The van der Waals surface area contributed by atoms with Gasteiger partial charge in [-0.3, -0.25) is 0 Å². The van der Waals surface area contributed by atoms with E-state index < -0.39 is 12.3 Å². The standard InChI is InChI=1S/C11H13F3N2O2/c1-6-3-4-9(8(5-6)10(15)16-17)18-7(2)11(12,13)14/h3-5,7,17H,1-2H3,(H2,15,16). The van der Waals surface area contributed by atoms with Gasteiger partial charge in [0.05, 0.1) is 5.56 Å².